The summed E-state index contributed by atoms with van der Waals surface area (Å²) in [5.41, 5.74) is -1.45. The van der Waals surface area contributed by atoms with Crippen molar-refractivity contribution in [3.05, 3.63) is 35.7 Å². The Labute approximate surface area is 240 Å². The zero-order valence-electron chi connectivity index (χ0n) is 23.3. The van der Waals surface area contributed by atoms with Gasteiger partial charge in [-0.3, -0.25) is 14.5 Å². The van der Waals surface area contributed by atoms with E-state index in [0.29, 0.717) is 25.8 Å². The largest absolute Gasteiger partial charge is 0.435 e. The molecule has 9 nitrogen and oxygen atoms in total. The van der Waals surface area contributed by atoms with E-state index in [1.165, 1.54) is 12.1 Å². The SMILES string of the molecule is O=C(C[C@H](CCN1CCCC(F)(F)C1)NC(=O)c1nc(C2CCCC2)n(-c2cccnc2C(F)(F)F)n1)NC1CCC1. The van der Waals surface area contributed by atoms with Crippen molar-refractivity contribution in [2.24, 2.45) is 0 Å². The molecule has 0 bridgehead atoms. The summed E-state index contributed by atoms with van der Waals surface area (Å²) in [6.45, 7) is 0.357. The van der Waals surface area contributed by atoms with E-state index in [-0.39, 0.29) is 67.6 Å². The Kier molecular flexibility index (Phi) is 9.09. The lowest BCUT2D eigenvalue weighted by Crippen LogP contribution is -2.47. The summed E-state index contributed by atoms with van der Waals surface area (Å²) in [6, 6.07) is 1.99. The first-order valence-electron chi connectivity index (χ1n) is 14.7. The van der Waals surface area contributed by atoms with Crippen LogP contribution in [0.25, 0.3) is 5.69 Å². The second-order valence-electron chi connectivity index (χ2n) is 11.6. The highest BCUT2D eigenvalue weighted by atomic mass is 19.4. The maximum absolute atomic E-state index is 14.0. The van der Waals surface area contributed by atoms with E-state index in [9.17, 15) is 31.5 Å². The molecule has 5 rings (SSSR count). The van der Waals surface area contributed by atoms with Crippen molar-refractivity contribution in [2.75, 3.05) is 19.6 Å². The number of piperidine rings is 1. The average molecular weight is 598 g/mol. The molecular weight excluding hydrogens is 561 g/mol. The number of halogens is 5. The van der Waals surface area contributed by atoms with Crippen LogP contribution in [0.2, 0.25) is 0 Å². The molecule has 2 aromatic heterocycles. The third-order valence-electron chi connectivity index (χ3n) is 8.34. The highest BCUT2D eigenvalue weighted by molar-refractivity contribution is 5.91. The van der Waals surface area contributed by atoms with Gasteiger partial charge in [0.05, 0.1) is 12.2 Å². The lowest BCUT2D eigenvalue weighted by Gasteiger charge is -2.33. The van der Waals surface area contributed by atoms with E-state index in [4.69, 9.17) is 0 Å². The topological polar surface area (TPSA) is 105 Å². The number of pyridine rings is 1. The molecule has 2 amide bonds. The minimum atomic E-state index is -4.75. The molecule has 2 aromatic rings. The molecule has 0 radical (unpaired) electrons. The van der Waals surface area contributed by atoms with Crippen LogP contribution < -0.4 is 10.6 Å². The predicted molar refractivity (Wildman–Crippen MR) is 142 cm³/mol. The molecule has 230 valence electrons. The van der Waals surface area contributed by atoms with Crippen LogP contribution in [0.3, 0.4) is 0 Å². The van der Waals surface area contributed by atoms with Crippen LogP contribution in [0.1, 0.15) is 98.7 Å². The highest BCUT2D eigenvalue weighted by Gasteiger charge is 2.38. The molecule has 42 heavy (non-hydrogen) atoms. The van der Waals surface area contributed by atoms with Crippen LogP contribution in [0, 0.1) is 0 Å². The average Bonchev–Trinajstić information content (AvgIpc) is 3.59. The van der Waals surface area contributed by atoms with E-state index in [0.717, 1.165) is 43.0 Å². The lowest BCUT2D eigenvalue weighted by molar-refractivity contribution is -0.141. The molecule has 2 N–H and O–H groups in total. The molecule has 0 aromatic carbocycles. The zero-order chi connectivity index (χ0) is 29.9. The Hall–Kier alpha value is -3.16. The second kappa shape index (κ2) is 12.6. The van der Waals surface area contributed by atoms with E-state index in [1.807, 2.05) is 0 Å². The first-order valence-corrected chi connectivity index (χ1v) is 14.7. The summed E-state index contributed by atoms with van der Waals surface area (Å²) in [5, 5.41) is 9.92. The molecule has 2 aliphatic carbocycles. The number of hydrogen-bond acceptors (Lipinski definition) is 6. The number of hydrogen-bond donors (Lipinski definition) is 2. The number of aromatic nitrogens is 4. The van der Waals surface area contributed by atoms with Crippen molar-refractivity contribution in [3.63, 3.8) is 0 Å². The first kappa shape index (κ1) is 30.3. The number of amides is 2. The molecule has 14 heteroatoms. The number of alkyl halides is 5. The first-order chi connectivity index (χ1) is 20.0. The van der Waals surface area contributed by atoms with E-state index in [1.54, 1.807) is 4.90 Å². The Morgan fingerprint density at radius 2 is 1.86 bits per heavy atom. The number of nitrogens with one attached hydrogen (secondary N) is 2. The van der Waals surface area contributed by atoms with Crippen LogP contribution in [-0.4, -0.2) is 74.1 Å². The third-order valence-corrected chi connectivity index (χ3v) is 8.34. The Morgan fingerprint density at radius 3 is 2.52 bits per heavy atom. The summed E-state index contributed by atoms with van der Waals surface area (Å²) in [7, 11) is 0. The zero-order valence-corrected chi connectivity index (χ0v) is 23.3. The quantitative estimate of drug-likeness (QED) is 0.388. The maximum atomic E-state index is 14.0. The van der Waals surface area contributed by atoms with Gasteiger partial charge >= 0.3 is 6.18 Å². The summed E-state index contributed by atoms with van der Waals surface area (Å²) in [6.07, 6.45) is 2.60. The number of carbonyl (C=O) groups is 2. The van der Waals surface area contributed by atoms with Crippen molar-refractivity contribution < 1.29 is 31.5 Å². The molecule has 3 aliphatic rings. The smallest absolute Gasteiger partial charge is 0.353 e. The van der Waals surface area contributed by atoms with Crippen LogP contribution >= 0.6 is 0 Å². The number of carbonyl (C=O) groups excluding carboxylic acids is 2. The molecule has 3 heterocycles. The molecule has 0 unspecified atom stereocenters. The molecule has 3 fully saturated rings. The lowest BCUT2D eigenvalue weighted by atomic mass is 9.93. The second-order valence-corrected chi connectivity index (χ2v) is 11.6. The molecular formula is C28H36F5N7O2. The molecule has 2 saturated carbocycles. The Bertz CT molecular complexity index is 1260. The van der Waals surface area contributed by atoms with Gasteiger partial charge in [-0.25, -0.2) is 23.4 Å². The molecule has 1 saturated heterocycles. The van der Waals surface area contributed by atoms with Gasteiger partial charge in [-0.2, -0.15) is 13.2 Å². The van der Waals surface area contributed by atoms with Crippen LogP contribution in [0.15, 0.2) is 18.3 Å². The summed E-state index contributed by atoms with van der Waals surface area (Å²) >= 11 is 0. The number of likely N-dealkylation sites (tertiary alicyclic amines) is 1. The van der Waals surface area contributed by atoms with Crippen LogP contribution in [-0.2, 0) is 11.0 Å². The minimum Gasteiger partial charge on any atom is -0.353 e. The van der Waals surface area contributed by atoms with Crippen molar-refractivity contribution >= 4 is 11.8 Å². The van der Waals surface area contributed by atoms with Crippen molar-refractivity contribution in [3.8, 4) is 5.69 Å². The van der Waals surface area contributed by atoms with Crippen molar-refractivity contribution in [1.29, 1.82) is 0 Å². The third kappa shape index (κ3) is 7.42. The number of nitrogens with zero attached hydrogens (tertiary/aromatic N) is 5. The summed E-state index contributed by atoms with van der Waals surface area (Å²) < 4.78 is 70.4. The maximum Gasteiger partial charge on any atom is 0.435 e. The van der Waals surface area contributed by atoms with Gasteiger partial charge in [0.25, 0.3) is 11.8 Å². The van der Waals surface area contributed by atoms with Crippen molar-refractivity contribution in [2.45, 2.75) is 101 Å². The Balaban J connectivity index is 1.37. The molecule has 0 spiro atoms. The van der Waals surface area contributed by atoms with Crippen LogP contribution in [0.4, 0.5) is 22.0 Å². The summed E-state index contributed by atoms with van der Waals surface area (Å²) in [4.78, 5) is 35.7. The van der Waals surface area contributed by atoms with Crippen molar-refractivity contribution in [1.82, 2.24) is 35.3 Å². The van der Waals surface area contributed by atoms with Gasteiger partial charge in [0.1, 0.15) is 5.82 Å². The monoisotopic (exact) mass is 597 g/mol. The fourth-order valence-electron chi connectivity index (χ4n) is 5.95. The number of rotatable bonds is 10. The van der Waals surface area contributed by atoms with Gasteiger partial charge in [-0.1, -0.05) is 12.8 Å². The van der Waals surface area contributed by atoms with Gasteiger partial charge in [-0.15, -0.1) is 5.10 Å². The standard InChI is InChI=1S/C28H36F5N7O2/c29-27(30)12-5-14-39(17-27)15-11-20(16-22(41)35-19-8-3-9-19)36-26(42)24-37-25(18-6-1-2-7-18)40(38-24)21-10-4-13-34-23(21)28(31,32)33/h4,10,13,18-20H,1-3,5-9,11-12,14-17H2,(H,35,41)(H,36,42)/t20-/m0/s1. The fraction of sp³-hybridized carbons (Fsp3) is 0.679. The van der Waals surface area contributed by atoms with Crippen LogP contribution in [0.5, 0.6) is 0 Å². The van der Waals surface area contributed by atoms with E-state index >= 15 is 0 Å². The minimum absolute atomic E-state index is 0.0660. The summed E-state index contributed by atoms with van der Waals surface area (Å²) in [5.74, 6) is -4.02. The van der Waals surface area contributed by atoms with E-state index in [2.05, 4.69) is 25.7 Å². The van der Waals surface area contributed by atoms with Gasteiger partial charge in [0.2, 0.25) is 11.7 Å². The van der Waals surface area contributed by atoms with Gasteiger partial charge in [-0.05, 0) is 63.6 Å². The van der Waals surface area contributed by atoms with Gasteiger partial charge in [0, 0.05) is 43.6 Å². The van der Waals surface area contributed by atoms with Gasteiger partial charge in [0.15, 0.2) is 5.69 Å². The Morgan fingerprint density at radius 1 is 1.10 bits per heavy atom. The van der Waals surface area contributed by atoms with E-state index < -0.39 is 29.7 Å². The van der Waals surface area contributed by atoms with Gasteiger partial charge < -0.3 is 10.6 Å². The predicted octanol–water partition coefficient (Wildman–Crippen LogP) is 4.62. The normalized spacial score (nSPS) is 20.7. The molecule has 1 atom stereocenters. The highest BCUT2D eigenvalue weighted by Crippen LogP contribution is 2.37. The molecule has 1 aliphatic heterocycles. The fourth-order valence-corrected chi connectivity index (χ4v) is 5.95.